The Kier molecular flexibility index (Phi) is 4.83. The first-order chi connectivity index (χ1) is 10.1. The van der Waals surface area contributed by atoms with E-state index >= 15 is 0 Å². The number of urea groups is 1. The van der Waals surface area contributed by atoms with Gasteiger partial charge in [-0.25, -0.2) is 9.59 Å². The van der Waals surface area contributed by atoms with E-state index in [1.807, 2.05) is 0 Å². The third-order valence-electron chi connectivity index (χ3n) is 2.84. The summed E-state index contributed by atoms with van der Waals surface area (Å²) in [5, 5.41) is 13.9. The van der Waals surface area contributed by atoms with Crippen molar-refractivity contribution in [3.05, 3.63) is 18.2 Å². The molecule has 0 spiro atoms. The van der Waals surface area contributed by atoms with E-state index < -0.39 is 18.0 Å². The van der Waals surface area contributed by atoms with Crippen LogP contribution in [0.15, 0.2) is 18.2 Å². The number of carboxylic acids is 1. The molecule has 2 rings (SSSR count). The van der Waals surface area contributed by atoms with E-state index in [-0.39, 0.29) is 19.8 Å². The normalized spacial score (nSPS) is 13.6. The Hall–Kier alpha value is -2.48. The summed E-state index contributed by atoms with van der Waals surface area (Å²) in [5.41, 5.74) is 0.479. The molecule has 0 radical (unpaired) electrons. The molecule has 1 heterocycles. The third kappa shape index (κ3) is 3.99. The van der Waals surface area contributed by atoms with Crippen LogP contribution in [0.3, 0.4) is 0 Å². The molecule has 3 N–H and O–H groups in total. The fourth-order valence-corrected chi connectivity index (χ4v) is 1.79. The number of benzene rings is 1. The SMILES string of the molecule is COCCC(NC(=O)Nc1ccc2c(c1)OCO2)C(=O)O. The Labute approximate surface area is 121 Å². The van der Waals surface area contributed by atoms with Crippen molar-refractivity contribution >= 4 is 17.7 Å². The van der Waals surface area contributed by atoms with Gasteiger partial charge in [-0.1, -0.05) is 0 Å². The van der Waals surface area contributed by atoms with Crippen molar-refractivity contribution in [1.29, 1.82) is 0 Å². The van der Waals surface area contributed by atoms with Crippen LogP contribution < -0.4 is 20.1 Å². The number of amides is 2. The molecule has 21 heavy (non-hydrogen) atoms. The molecule has 8 nitrogen and oxygen atoms in total. The predicted octanol–water partition coefficient (Wildman–Crippen LogP) is 1.03. The predicted molar refractivity (Wildman–Crippen MR) is 72.6 cm³/mol. The van der Waals surface area contributed by atoms with E-state index in [0.717, 1.165) is 0 Å². The lowest BCUT2D eigenvalue weighted by molar-refractivity contribution is -0.139. The molecule has 1 atom stereocenters. The summed E-state index contributed by atoms with van der Waals surface area (Å²) in [7, 11) is 1.46. The summed E-state index contributed by atoms with van der Waals surface area (Å²) in [6, 6.07) is 3.28. The summed E-state index contributed by atoms with van der Waals surface area (Å²) < 4.78 is 15.2. The molecule has 1 unspecified atom stereocenters. The molecule has 1 aromatic carbocycles. The number of anilines is 1. The fraction of sp³-hybridized carbons (Fsp3) is 0.385. The van der Waals surface area contributed by atoms with E-state index in [0.29, 0.717) is 17.2 Å². The van der Waals surface area contributed by atoms with Gasteiger partial charge in [0, 0.05) is 31.9 Å². The Morgan fingerprint density at radius 3 is 2.86 bits per heavy atom. The van der Waals surface area contributed by atoms with Gasteiger partial charge in [-0.15, -0.1) is 0 Å². The van der Waals surface area contributed by atoms with Crippen LogP contribution in [0.2, 0.25) is 0 Å². The number of hydrogen-bond acceptors (Lipinski definition) is 5. The molecule has 0 aromatic heterocycles. The van der Waals surface area contributed by atoms with Gasteiger partial charge in [0.15, 0.2) is 11.5 Å². The standard InChI is InChI=1S/C13H16N2O6/c1-19-5-4-9(12(16)17)15-13(18)14-8-2-3-10-11(6-8)21-7-20-10/h2-3,6,9H,4-5,7H2,1H3,(H,16,17)(H2,14,15,18). The Bertz CT molecular complexity index is 533. The molecular weight excluding hydrogens is 280 g/mol. The van der Waals surface area contributed by atoms with Gasteiger partial charge in [0.05, 0.1) is 0 Å². The molecule has 8 heteroatoms. The van der Waals surface area contributed by atoms with Gasteiger partial charge in [-0.3, -0.25) is 0 Å². The van der Waals surface area contributed by atoms with Crippen LogP contribution in [0.25, 0.3) is 0 Å². The Balaban J connectivity index is 1.92. The lowest BCUT2D eigenvalue weighted by Crippen LogP contribution is -2.43. The van der Waals surface area contributed by atoms with Gasteiger partial charge >= 0.3 is 12.0 Å². The summed E-state index contributed by atoms with van der Waals surface area (Å²) in [6.45, 7) is 0.379. The van der Waals surface area contributed by atoms with Crippen LogP contribution in [0.1, 0.15) is 6.42 Å². The number of fused-ring (bicyclic) bond motifs is 1. The van der Waals surface area contributed by atoms with E-state index in [9.17, 15) is 9.59 Å². The average molecular weight is 296 g/mol. The highest BCUT2D eigenvalue weighted by atomic mass is 16.7. The van der Waals surface area contributed by atoms with Crippen molar-refractivity contribution in [2.24, 2.45) is 0 Å². The number of carboxylic acid groups (broad SMARTS) is 1. The number of carbonyl (C=O) groups is 2. The summed E-state index contributed by atoms with van der Waals surface area (Å²) >= 11 is 0. The van der Waals surface area contributed by atoms with Crippen molar-refractivity contribution in [3.8, 4) is 11.5 Å². The quantitative estimate of drug-likeness (QED) is 0.724. The highest BCUT2D eigenvalue weighted by molar-refractivity contribution is 5.92. The van der Waals surface area contributed by atoms with Crippen LogP contribution in [-0.4, -0.2) is 43.7 Å². The van der Waals surface area contributed by atoms with Gasteiger partial charge in [0.1, 0.15) is 6.04 Å². The highest BCUT2D eigenvalue weighted by Crippen LogP contribution is 2.34. The molecule has 1 aliphatic rings. The molecule has 2 amide bonds. The lowest BCUT2D eigenvalue weighted by Gasteiger charge is -2.14. The van der Waals surface area contributed by atoms with Gasteiger partial charge in [0.2, 0.25) is 6.79 Å². The molecule has 1 aromatic rings. The summed E-state index contributed by atoms with van der Waals surface area (Å²) in [4.78, 5) is 22.8. The molecule has 0 saturated heterocycles. The van der Waals surface area contributed by atoms with Gasteiger partial charge < -0.3 is 30.0 Å². The largest absolute Gasteiger partial charge is 0.480 e. The van der Waals surface area contributed by atoms with Gasteiger partial charge in [-0.05, 0) is 12.1 Å². The van der Waals surface area contributed by atoms with E-state index in [1.165, 1.54) is 7.11 Å². The Morgan fingerprint density at radius 1 is 1.38 bits per heavy atom. The number of rotatable bonds is 6. The molecule has 0 saturated carbocycles. The maximum Gasteiger partial charge on any atom is 0.326 e. The van der Waals surface area contributed by atoms with Crippen LogP contribution in [0.5, 0.6) is 11.5 Å². The van der Waals surface area contributed by atoms with Crippen molar-refractivity contribution in [2.75, 3.05) is 25.8 Å². The second-order valence-electron chi connectivity index (χ2n) is 4.34. The second-order valence-corrected chi connectivity index (χ2v) is 4.34. The van der Waals surface area contributed by atoms with E-state index in [2.05, 4.69) is 10.6 Å². The van der Waals surface area contributed by atoms with Crippen molar-refractivity contribution in [3.63, 3.8) is 0 Å². The van der Waals surface area contributed by atoms with Gasteiger partial charge in [0.25, 0.3) is 0 Å². The molecule has 1 aliphatic heterocycles. The minimum atomic E-state index is -1.12. The summed E-state index contributed by atoms with van der Waals surface area (Å²) in [5.74, 6) is 0.0133. The first kappa shape index (κ1) is 14.9. The third-order valence-corrected chi connectivity index (χ3v) is 2.84. The number of carbonyl (C=O) groups excluding carboxylic acids is 1. The first-order valence-electron chi connectivity index (χ1n) is 6.29. The van der Waals surface area contributed by atoms with E-state index in [4.69, 9.17) is 19.3 Å². The van der Waals surface area contributed by atoms with Crippen molar-refractivity contribution in [1.82, 2.24) is 5.32 Å². The number of aliphatic carboxylic acids is 1. The smallest absolute Gasteiger partial charge is 0.326 e. The highest BCUT2D eigenvalue weighted by Gasteiger charge is 2.20. The monoisotopic (exact) mass is 296 g/mol. The van der Waals surface area contributed by atoms with Gasteiger partial charge in [-0.2, -0.15) is 0 Å². The zero-order chi connectivity index (χ0) is 15.2. The number of nitrogens with one attached hydrogen (secondary N) is 2. The fourth-order valence-electron chi connectivity index (χ4n) is 1.79. The van der Waals surface area contributed by atoms with Crippen molar-refractivity contribution in [2.45, 2.75) is 12.5 Å². The lowest BCUT2D eigenvalue weighted by atomic mass is 10.2. The molecule has 0 fully saturated rings. The minimum Gasteiger partial charge on any atom is -0.480 e. The Morgan fingerprint density at radius 2 is 2.14 bits per heavy atom. The number of hydrogen-bond donors (Lipinski definition) is 3. The average Bonchev–Trinajstić information content (AvgIpc) is 2.90. The van der Waals surface area contributed by atoms with Crippen LogP contribution in [-0.2, 0) is 9.53 Å². The molecule has 0 aliphatic carbocycles. The molecular formula is C13H16N2O6. The van der Waals surface area contributed by atoms with Crippen molar-refractivity contribution < 1.29 is 28.9 Å². The van der Waals surface area contributed by atoms with Crippen LogP contribution in [0, 0.1) is 0 Å². The number of ether oxygens (including phenoxy) is 3. The zero-order valence-electron chi connectivity index (χ0n) is 11.4. The maximum absolute atomic E-state index is 11.8. The van der Waals surface area contributed by atoms with Crippen LogP contribution in [0.4, 0.5) is 10.5 Å². The van der Waals surface area contributed by atoms with E-state index in [1.54, 1.807) is 18.2 Å². The van der Waals surface area contributed by atoms with Crippen LogP contribution >= 0.6 is 0 Å². The molecule has 114 valence electrons. The second kappa shape index (κ2) is 6.80. The zero-order valence-corrected chi connectivity index (χ0v) is 11.4. The molecule has 0 bridgehead atoms. The minimum absolute atomic E-state index is 0.142. The maximum atomic E-state index is 11.8. The first-order valence-corrected chi connectivity index (χ1v) is 6.29. The topological polar surface area (TPSA) is 106 Å². The number of methoxy groups -OCH3 is 1. The summed E-state index contributed by atoms with van der Waals surface area (Å²) in [6.07, 6.45) is 0.181.